The molecule has 1 fully saturated rings. The molecule has 1 unspecified atom stereocenters. The first-order chi connectivity index (χ1) is 9.91. The highest BCUT2D eigenvalue weighted by molar-refractivity contribution is 7.89. The van der Waals surface area contributed by atoms with Crippen molar-refractivity contribution in [2.45, 2.75) is 56.1 Å². The van der Waals surface area contributed by atoms with Crippen LogP contribution in [0.5, 0.6) is 5.75 Å². The highest BCUT2D eigenvalue weighted by Crippen LogP contribution is 2.32. The van der Waals surface area contributed by atoms with E-state index in [1.165, 1.54) is 24.3 Å². The lowest BCUT2D eigenvalue weighted by atomic mass is 9.86. The molecular formula is C15H23NO4S. The summed E-state index contributed by atoms with van der Waals surface area (Å²) >= 11 is 0. The average Bonchev–Trinajstić information content (AvgIpc) is 2.47. The van der Waals surface area contributed by atoms with E-state index in [9.17, 15) is 13.5 Å². The summed E-state index contributed by atoms with van der Waals surface area (Å²) < 4.78 is 33.4. The van der Waals surface area contributed by atoms with Gasteiger partial charge in [-0.1, -0.05) is 19.9 Å². The van der Waals surface area contributed by atoms with E-state index in [0.717, 1.165) is 12.8 Å². The van der Waals surface area contributed by atoms with Gasteiger partial charge in [-0.05, 0) is 43.9 Å². The van der Waals surface area contributed by atoms with Crippen LogP contribution in [0.2, 0.25) is 0 Å². The van der Waals surface area contributed by atoms with Crippen LogP contribution in [0.15, 0.2) is 29.2 Å². The summed E-state index contributed by atoms with van der Waals surface area (Å²) in [5, 5.41) is 9.43. The number of phenolic OH excluding ortho intramolecular Hbond substituents is 1. The minimum Gasteiger partial charge on any atom is -0.508 e. The molecule has 6 heteroatoms. The largest absolute Gasteiger partial charge is 0.508 e. The number of sulfonamides is 1. The Bertz CT molecular complexity index is 581. The second kappa shape index (κ2) is 6.34. The lowest BCUT2D eigenvalue weighted by molar-refractivity contribution is -0.0905. The summed E-state index contributed by atoms with van der Waals surface area (Å²) in [4.78, 5) is 0.0904. The van der Waals surface area contributed by atoms with Crippen LogP contribution in [0.25, 0.3) is 0 Å². The normalized spacial score (nSPS) is 22.1. The third-order valence-electron chi connectivity index (χ3n) is 4.23. The van der Waals surface area contributed by atoms with Crippen molar-refractivity contribution < 1.29 is 18.3 Å². The Morgan fingerprint density at radius 3 is 2.71 bits per heavy atom. The lowest BCUT2D eigenvalue weighted by Crippen LogP contribution is -2.48. The predicted molar refractivity (Wildman–Crippen MR) is 80.7 cm³/mol. The molecule has 0 spiro atoms. The van der Waals surface area contributed by atoms with Gasteiger partial charge >= 0.3 is 0 Å². The van der Waals surface area contributed by atoms with Gasteiger partial charge in [-0.2, -0.15) is 0 Å². The Labute approximate surface area is 126 Å². The molecule has 21 heavy (non-hydrogen) atoms. The van der Waals surface area contributed by atoms with Crippen molar-refractivity contribution in [2.75, 3.05) is 6.61 Å². The molecule has 1 aliphatic heterocycles. The van der Waals surface area contributed by atoms with E-state index in [4.69, 9.17) is 4.74 Å². The van der Waals surface area contributed by atoms with Gasteiger partial charge in [0.2, 0.25) is 10.0 Å². The summed E-state index contributed by atoms with van der Waals surface area (Å²) in [6.45, 7) is 4.69. The highest BCUT2D eigenvalue weighted by atomic mass is 32.2. The number of nitrogens with one attached hydrogen (secondary N) is 1. The monoisotopic (exact) mass is 313 g/mol. The molecule has 1 atom stereocenters. The average molecular weight is 313 g/mol. The van der Waals surface area contributed by atoms with Crippen LogP contribution in [0.3, 0.4) is 0 Å². The van der Waals surface area contributed by atoms with Gasteiger partial charge in [0.1, 0.15) is 5.75 Å². The Morgan fingerprint density at radius 1 is 1.38 bits per heavy atom. The van der Waals surface area contributed by atoms with E-state index in [1.807, 2.05) is 0 Å². The standard InChI is InChI=1S/C15H23NO4S/c1-3-15(4-2)11-12(8-9-20-15)16-21(18,19)14-7-5-6-13(17)10-14/h5-7,10,12,16-17H,3-4,8-9,11H2,1-2H3. The van der Waals surface area contributed by atoms with E-state index in [2.05, 4.69) is 18.6 Å². The maximum Gasteiger partial charge on any atom is 0.240 e. The maximum absolute atomic E-state index is 12.4. The van der Waals surface area contributed by atoms with Crippen LogP contribution in [0.4, 0.5) is 0 Å². The quantitative estimate of drug-likeness (QED) is 0.875. The smallest absolute Gasteiger partial charge is 0.240 e. The Morgan fingerprint density at radius 2 is 2.10 bits per heavy atom. The van der Waals surface area contributed by atoms with Crippen molar-refractivity contribution in [1.29, 1.82) is 0 Å². The van der Waals surface area contributed by atoms with E-state index >= 15 is 0 Å². The van der Waals surface area contributed by atoms with Crippen LogP contribution in [0.1, 0.15) is 39.5 Å². The van der Waals surface area contributed by atoms with Gasteiger partial charge in [0.15, 0.2) is 0 Å². The van der Waals surface area contributed by atoms with Crippen LogP contribution < -0.4 is 4.72 Å². The third kappa shape index (κ3) is 3.75. The van der Waals surface area contributed by atoms with Crippen molar-refractivity contribution in [3.05, 3.63) is 24.3 Å². The fraction of sp³-hybridized carbons (Fsp3) is 0.600. The molecule has 118 valence electrons. The van der Waals surface area contributed by atoms with Crippen molar-refractivity contribution >= 4 is 10.0 Å². The van der Waals surface area contributed by atoms with Crippen LogP contribution >= 0.6 is 0 Å². The SMILES string of the molecule is CCC1(CC)CC(NS(=O)(=O)c2cccc(O)c2)CCO1. The molecule has 1 aliphatic rings. The van der Waals surface area contributed by atoms with Crippen molar-refractivity contribution in [1.82, 2.24) is 4.72 Å². The number of rotatable bonds is 5. The Kier molecular flexibility index (Phi) is 4.91. The number of aromatic hydroxyl groups is 1. The molecule has 0 aliphatic carbocycles. The zero-order chi connectivity index (χ0) is 15.5. The maximum atomic E-state index is 12.4. The molecule has 0 bridgehead atoms. The summed E-state index contributed by atoms with van der Waals surface area (Å²) in [6, 6.07) is 5.58. The lowest BCUT2D eigenvalue weighted by Gasteiger charge is -2.40. The van der Waals surface area contributed by atoms with Crippen molar-refractivity contribution in [2.24, 2.45) is 0 Å². The van der Waals surface area contributed by atoms with Gasteiger partial charge in [-0.15, -0.1) is 0 Å². The summed E-state index contributed by atoms with van der Waals surface area (Å²) in [5.41, 5.74) is -0.232. The summed E-state index contributed by atoms with van der Waals surface area (Å²) in [5.74, 6) is -0.0543. The van der Waals surface area contributed by atoms with Gasteiger partial charge in [-0.25, -0.2) is 13.1 Å². The molecule has 0 saturated carbocycles. The van der Waals surface area contributed by atoms with Gasteiger partial charge in [0.05, 0.1) is 10.5 Å². The number of phenols is 1. The second-order valence-corrected chi connectivity index (χ2v) is 7.26. The number of hydrogen-bond donors (Lipinski definition) is 2. The number of hydrogen-bond acceptors (Lipinski definition) is 4. The molecule has 5 nitrogen and oxygen atoms in total. The Hall–Kier alpha value is -1.11. The van der Waals surface area contributed by atoms with Crippen LogP contribution in [-0.2, 0) is 14.8 Å². The predicted octanol–water partition coefficient (Wildman–Crippen LogP) is 2.41. The fourth-order valence-electron chi connectivity index (χ4n) is 2.81. The van der Waals surface area contributed by atoms with E-state index < -0.39 is 10.0 Å². The van der Waals surface area contributed by atoms with Crippen LogP contribution in [-0.4, -0.2) is 31.8 Å². The zero-order valence-corrected chi connectivity index (χ0v) is 13.3. The topological polar surface area (TPSA) is 75.6 Å². The summed E-state index contributed by atoms with van der Waals surface area (Å²) in [7, 11) is -3.61. The molecular weight excluding hydrogens is 290 g/mol. The first-order valence-electron chi connectivity index (χ1n) is 7.36. The van der Waals surface area contributed by atoms with E-state index in [1.54, 1.807) is 0 Å². The van der Waals surface area contributed by atoms with Crippen LogP contribution in [0, 0.1) is 0 Å². The molecule has 2 N–H and O–H groups in total. The van der Waals surface area contributed by atoms with E-state index in [0.29, 0.717) is 19.4 Å². The molecule has 1 aromatic rings. The molecule has 2 rings (SSSR count). The van der Waals surface area contributed by atoms with Crippen molar-refractivity contribution in [3.63, 3.8) is 0 Å². The Balaban J connectivity index is 2.13. The van der Waals surface area contributed by atoms with Gasteiger partial charge in [-0.3, -0.25) is 0 Å². The first-order valence-corrected chi connectivity index (χ1v) is 8.84. The first kappa shape index (κ1) is 16.3. The molecule has 0 amide bonds. The van der Waals surface area contributed by atoms with E-state index in [-0.39, 0.29) is 22.3 Å². The molecule has 0 aromatic heterocycles. The number of ether oxygens (including phenoxy) is 1. The minimum absolute atomic E-state index is 0.0543. The van der Waals surface area contributed by atoms with Crippen molar-refractivity contribution in [3.8, 4) is 5.75 Å². The fourth-order valence-corrected chi connectivity index (χ4v) is 4.12. The zero-order valence-electron chi connectivity index (χ0n) is 12.5. The van der Waals surface area contributed by atoms with Gasteiger partial charge in [0, 0.05) is 12.6 Å². The molecule has 0 radical (unpaired) electrons. The van der Waals surface area contributed by atoms with Gasteiger partial charge < -0.3 is 9.84 Å². The third-order valence-corrected chi connectivity index (χ3v) is 5.75. The highest BCUT2D eigenvalue weighted by Gasteiger charge is 2.36. The molecule has 1 saturated heterocycles. The molecule has 1 aromatic carbocycles. The summed E-state index contributed by atoms with van der Waals surface area (Å²) in [6.07, 6.45) is 3.08. The number of benzene rings is 1. The molecule has 1 heterocycles. The minimum atomic E-state index is -3.61. The second-order valence-electron chi connectivity index (χ2n) is 5.55. The van der Waals surface area contributed by atoms with Gasteiger partial charge in [0.25, 0.3) is 0 Å².